The van der Waals surface area contributed by atoms with Crippen molar-refractivity contribution in [2.24, 2.45) is 0 Å². The number of carbonyl (C=O) groups excluding carboxylic acids is 2. The van der Waals surface area contributed by atoms with Crippen molar-refractivity contribution in [1.82, 2.24) is 5.32 Å². The van der Waals surface area contributed by atoms with Crippen LogP contribution < -0.4 is 5.32 Å². The van der Waals surface area contributed by atoms with E-state index in [2.05, 4.69) is 18.8 Å². The standard InChI is InChI=1S/C16H29NO3/c1-3-5-6-7-8-9-10-11-14-20-16(19)12-13-17-15(18)4-2/h4H,2-3,5-14H2,1H3,(H,17,18). The van der Waals surface area contributed by atoms with Crippen molar-refractivity contribution < 1.29 is 14.3 Å². The summed E-state index contributed by atoms with van der Waals surface area (Å²) in [5, 5.41) is 2.54. The molecule has 0 radical (unpaired) electrons. The molecule has 0 saturated carbocycles. The number of nitrogens with one attached hydrogen (secondary N) is 1. The van der Waals surface area contributed by atoms with Gasteiger partial charge in [-0.3, -0.25) is 9.59 Å². The molecule has 116 valence electrons. The van der Waals surface area contributed by atoms with E-state index in [0.717, 1.165) is 12.8 Å². The lowest BCUT2D eigenvalue weighted by Crippen LogP contribution is -2.24. The lowest BCUT2D eigenvalue weighted by Gasteiger charge is -2.05. The van der Waals surface area contributed by atoms with E-state index in [1.807, 2.05) is 0 Å². The zero-order valence-electron chi connectivity index (χ0n) is 12.8. The summed E-state index contributed by atoms with van der Waals surface area (Å²) in [4.78, 5) is 22.2. The summed E-state index contributed by atoms with van der Waals surface area (Å²) >= 11 is 0. The third-order valence-electron chi connectivity index (χ3n) is 3.07. The number of unbranched alkanes of at least 4 members (excludes halogenated alkanes) is 7. The van der Waals surface area contributed by atoms with E-state index >= 15 is 0 Å². The van der Waals surface area contributed by atoms with Crippen LogP contribution in [0.4, 0.5) is 0 Å². The molecule has 0 fully saturated rings. The number of esters is 1. The Kier molecular flexibility index (Phi) is 13.2. The van der Waals surface area contributed by atoms with E-state index in [-0.39, 0.29) is 18.3 Å². The molecule has 0 aromatic rings. The molecule has 0 saturated heterocycles. The molecule has 0 bridgehead atoms. The number of carbonyl (C=O) groups is 2. The van der Waals surface area contributed by atoms with Gasteiger partial charge >= 0.3 is 5.97 Å². The van der Waals surface area contributed by atoms with E-state index in [4.69, 9.17) is 4.74 Å². The predicted molar refractivity (Wildman–Crippen MR) is 81.4 cm³/mol. The number of hydrogen-bond acceptors (Lipinski definition) is 3. The van der Waals surface area contributed by atoms with Gasteiger partial charge in [-0.2, -0.15) is 0 Å². The van der Waals surface area contributed by atoms with E-state index in [1.54, 1.807) is 0 Å². The molecule has 4 heteroatoms. The monoisotopic (exact) mass is 283 g/mol. The molecule has 0 heterocycles. The minimum atomic E-state index is -0.263. The molecule has 0 aromatic heterocycles. The van der Waals surface area contributed by atoms with Gasteiger partial charge in [-0.05, 0) is 12.5 Å². The Morgan fingerprint density at radius 1 is 1.05 bits per heavy atom. The van der Waals surface area contributed by atoms with Crippen molar-refractivity contribution in [3.63, 3.8) is 0 Å². The van der Waals surface area contributed by atoms with Crippen LogP contribution in [0.3, 0.4) is 0 Å². The van der Waals surface area contributed by atoms with Gasteiger partial charge in [0.1, 0.15) is 0 Å². The first-order valence-electron chi connectivity index (χ1n) is 7.76. The van der Waals surface area contributed by atoms with Crippen LogP contribution in [0.5, 0.6) is 0 Å². The molecule has 0 aliphatic carbocycles. The topological polar surface area (TPSA) is 55.4 Å². The highest BCUT2D eigenvalue weighted by atomic mass is 16.5. The van der Waals surface area contributed by atoms with E-state index in [9.17, 15) is 9.59 Å². The zero-order chi connectivity index (χ0) is 15.1. The Labute approximate surface area is 123 Å². The van der Waals surface area contributed by atoms with Crippen molar-refractivity contribution in [3.8, 4) is 0 Å². The smallest absolute Gasteiger partial charge is 0.307 e. The van der Waals surface area contributed by atoms with Gasteiger partial charge in [0.25, 0.3) is 0 Å². The number of amides is 1. The highest BCUT2D eigenvalue weighted by Crippen LogP contribution is 2.08. The molecule has 0 atom stereocenters. The van der Waals surface area contributed by atoms with Crippen LogP contribution in [-0.4, -0.2) is 25.0 Å². The van der Waals surface area contributed by atoms with Gasteiger partial charge in [-0.1, -0.05) is 58.4 Å². The Morgan fingerprint density at radius 2 is 1.65 bits per heavy atom. The van der Waals surface area contributed by atoms with Gasteiger partial charge in [-0.15, -0.1) is 0 Å². The lowest BCUT2D eigenvalue weighted by molar-refractivity contribution is -0.143. The summed E-state index contributed by atoms with van der Waals surface area (Å²) in [6.45, 7) is 6.35. The van der Waals surface area contributed by atoms with Crippen LogP contribution in [0, 0.1) is 0 Å². The average Bonchev–Trinajstić information content (AvgIpc) is 2.45. The number of hydrogen-bond donors (Lipinski definition) is 1. The quantitative estimate of drug-likeness (QED) is 0.320. The molecular formula is C16H29NO3. The SMILES string of the molecule is C=CC(=O)NCCC(=O)OCCCCCCCCCC. The van der Waals surface area contributed by atoms with Gasteiger partial charge in [0.05, 0.1) is 13.0 Å². The molecule has 0 unspecified atom stereocenters. The second-order valence-electron chi connectivity index (χ2n) is 4.94. The van der Waals surface area contributed by atoms with Gasteiger partial charge in [0, 0.05) is 6.54 Å². The highest BCUT2D eigenvalue weighted by molar-refractivity contribution is 5.87. The Hall–Kier alpha value is -1.32. The number of rotatable bonds is 13. The fraction of sp³-hybridized carbons (Fsp3) is 0.750. The molecule has 0 aliphatic rings. The van der Waals surface area contributed by atoms with Crippen LogP contribution in [-0.2, 0) is 14.3 Å². The minimum absolute atomic E-state index is 0.219. The summed E-state index contributed by atoms with van der Waals surface area (Å²) in [7, 11) is 0. The van der Waals surface area contributed by atoms with Crippen LogP contribution >= 0.6 is 0 Å². The molecule has 0 spiro atoms. The van der Waals surface area contributed by atoms with Crippen molar-refractivity contribution >= 4 is 11.9 Å². The normalized spacial score (nSPS) is 10.1. The van der Waals surface area contributed by atoms with Crippen LogP contribution in [0.2, 0.25) is 0 Å². The Bertz CT molecular complexity index is 277. The molecule has 0 aliphatic heterocycles. The van der Waals surface area contributed by atoms with E-state index in [1.165, 1.54) is 44.6 Å². The molecule has 1 amide bonds. The van der Waals surface area contributed by atoms with E-state index in [0.29, 0.717) is 13.2 Å². The largest absolute Gasteiger partial charge is 0.466 e. The lowest BCUT2D eigenvalue weighted by atomic mass is 10.1. The predicted octanol–water partition coefficient (Wildman–Crippen LogP) is 3.36. The van der Waals surface area contributed by atoms with Gasteiger partial charge in [0.2, 0.25) is 5.91 Å². The first-order valence-corrected chi connectivity index (χ1v) is 7.76. The van der Waals surface area contributed by atoms with Crippen molar-refractivity contribution in [1.29, 1.82) is 0 Å². The summed E-state index contributed by atoms with van der Waals surface area (Å²) in [5.41, 5.74) is 0. The molecule has 1 N–H and O–H groups in total. The molecule has 0 aromatic carbocycles. The zero-order valence-corrected chi connectivity index (χ0v) is 12.8. The maximum absolute atomic E-state index is 11.3. The first kappa shape index (κ1) is 18.7. The van der Waals surface area contributed by atoms with Gasteiger partial charge in [-0.25, -0.2) is 0 Å². The van der Waals surface area contributed by atoms with Gasteiger partial charge in [0.15, 0.2) is 0 Å². The second kappa shape index (κ2) is 14.1. The van der Waals surface area contributed by atoms with Crippen LogP contribution in [0.25, 0.3) is 0 Å². The van der Waals surface area contributed by atoms with Crippen molar-refractivity contribution in [2.75, 3.05) is 13.2 Å². The Morgan fingerprint density at radius 3 is 2.25 bits per heavy atom. The van der Waals surface area contributed by atoms with Crippen LogP contribution in [0.1, 0.15) is 64.7 Å². The highest BCUT2D eigenvalue weighted by Gasteiger charge is 2.03. The summed E-state index contributed by atoms with van der Waals surface area (Å²) in [6, 6.07) is 0. The van der Waals surface area contributed by atoms with E-state index < -0.39 is 0 Å². The minimum Gasteiger partial charge on any atom is -0.466 e. The Balaban J connectivity index is 3.23. The van der Waals surface area contributed by atoms with Crippen molar-refractivity contribution in [2.45, 2.75) is 64.7 Å². The third-order valence-corrected chi connectivity index (χ3v) is 3.07. The average molecular weight is 283 g/mol. The first-order chi connectivity index (χ1) is 9.70. The molecule has 4 nitrogen and oxygen atoms in total. The molecular weight excluding hydrogens is 254 g/mol. The molecule has 20 heavy (non-hydrogen) atoms. The fourth-order valence-corrected chi connectivity index (χ4v) is 1.85. The van der Waals surface area contributed by atoms with Crippen molar-refractivity contribution in [3.05, 3.63) is 12.7 Å². The number of ether oxygens (including phenoxy) is 1. The molecule has 0 rings (SSSR count). The van der Waals surface area contributed by atoms with Gasteiger partial charge < -0.3 is 10.1 Å². The fourth-order valence-electron chi connectivity index (χ4n) is 1.85. The maximum atomic E-state index is 11.3. The third kappa shape index (κ3) is 13.1. The summed E-state index contributed by atoms with van der Waals surface area (Å²) in [6.07, 6.45) is 11.2. The summed E-state index contributed by atoms with van der Waals surface area (Å²) < 4.78 is 5.09. The second-order valence-corrected chi connectivity index (χ2v) is 4.94. The summed E-state index contributed by atoms with van der Waals surface area (Å²) in [5.74, 6) is -0.516. The van der Waals surface area contributed by atoms with Crippen LogP contribution in [0.15, 0.2) is 12.7 Å². The maximum Gasteiger partial charge on any atom is 0.307 e.